The highest BCUT2D eigenvalue weighted by atomic mass is 35.5. The van der Waals surface area contributed by atoms with Gasteiger partial charge < -0.3 is 5.11 Å². The number of rotatable bonds is 3. The number of aliphatic hydroxyl groups is 1. The van der Waals surface area contributed by atoms with E-state index in [0.29, 0.717) is 29.4 Å². The fourth-order valence-corrected chi connectivity index (χ4v) is 4.57. The predicted molar refractivity (Wildman–Crippen MR) is 115 cm³/mol. The third kappa shape index (κ3) is 3.18. The molecule has 2 aromatic rings. The molecule has 1 aliphatic carbocycles. The van der Waals surface area contributed by atoms with Crippen LogP contribution in [0, 0.1) is 6.92 Å². The van der Waals surface area contributed by atoms with Crippen molar-refractivity contribution in [3.63, 3.8) is 0 Å². The lowest BCUT2D eigenvalue weighted by molar-refractivity contribution is 0.0681. The number of aromatic nitrogens is 5. The van der Waals surface area contributed by atoms with E-state index in [1.165, 1.54) is 4.68 Å². The molecule has 2 unspecified atom stereocenters. The second kappa shape index (κ2) is 7.49. The van der Waals surface area contributed by atoms with Gasteiger partial charge in [0.05, 0.1) is 29.2 Å². The summed E-state index contributed by atoms with van der Waals surface area (Å²) in [7, 11) is 0. The number of hydrogen-bond donors (Lipinski definition) is 1. The third-order valence-corrected chi connectivity index (χ3v) is 6.18. The molecule has 0 radical (unpaired) electrons. The summed E-state index contributed by atoms with van der Waals surface area (Å²) in [5, 5.41) is 21.0. The van der Waals surface area contributed by atoms with Crippen molar-refractivity contribution in [1.29, 1.82) is 0 Å². The Bertz CT molecular complexity index is 1250. The maximum Gasteiger partial charge on any atom is 0.297 e. The molecular weight excluding hydrogens is 402 g/mol. The number of benzene rings is 1. The minimum absolute atomic E-state index is 0.270. The maximum atomic E-state index is 13.2. The van der Waals surface area contributed by atoms with E-state index in [4.69, 9.17) is 11.6 Å². The Labute approximate surface area is 178 Å². The van der Waals surface area contributed by atoms with Crippen LogP contribution in [-0.2, 0) is 6.54 Å². The Kier molecular flexibility index (Phi) is 4.79. The summed E-state index contributed by atoms with van der Waals surface area (Å²) in [5.41, 5.74) is 3.16. The molecule has 8 heteroatoms. The van der Waals surface area contributed by atoms with E-state index in [2.05, 4.69) is 15.2 Å². The normalized spacial score (nSPS) is 19.6. The fraction of sp³-hybridized carbons (Fsp3) is 0.364. The Morgan fingerprint density at radius 3 is 2.73 bits per heavy atom. The van der Waals surface area contributed by atoms with Crippen LogP contribution in [0.3, 0.4) is 0 Å². The van der Waals surface area contributed by atoms with Crippen molar-refractivity contribution >= 4 is 22.5 Å². The fourth-order valence-electron chi connectivity index (χ4n) is 4.30. The molecule has 1 N–H and O–H groups in total. The average Bonchev–Trinajstić information content (AvgIpc) is 3.07. The number of aryl methyl sites for hydroxylation is 1. The molecule has 2 atom stereocenters. The molecule has 0 amide bonds. The summed E-state index contributed by atoms with van der Waals surface area (Å²) in [6.45, 7) is 2.37. The van der Waals surface area contributed by atoms with Gasteiger partial charge in [-0.15, -0.1) is 0 Å². The molecule has 0 saturated heterocycles. The van der Waals surface area contributed by atoms with Gasteiger partial charge in [-0.1, -0.05) is 42.6 Å². The third-order valence-electron chi connectivity index (χ3n) is 5.88. The Morgan fingerprint density at radius 1 is 1.13 bits per heavy atom. The van der Waals surface area contributed by atoms with Gasteiger partial charge in [0.25, 0.3) is 5.56 Å². The topological polar surface area (TPSA) is 85.8 Å². The van der Waals surface area contributed by atoms with E-state index in [-0.39, 0.29) is 11.6 Å². The summed E-state index contributed by atoms with van der Waals surface area (Å²) in [4.78, 5) is 17.6. The summed E-state index contributed by atoms with van der Waals surface area (Å²) in [6, 6.07) is 9.18. The van der Waals surface area contributed by atoms with Gasteiger partial charge in [-0.2, -0.15) is 10.2 Å². The second-order valence-electron chi connectivity index (χ2n) is 7.97. The molecule has 0 bridgehead atoms. The van der Waals surface area contributed by atoms with Crippen molar-refractivity contribution in [2.75, 3.05) is 0 Å². The first kappa shape index (κ1) is 19.2. The highest BCUT2D eigenvalue weighted by molar-refractivity contribution is 6.35. The van der Waals surface area contributed by atoms with Gasteiger partial charge in [-0.25, -0.2) is 4.68 Å². The van der Waals surface area contributed by atoms with Gasteiger partial charge >= 0.3 is 0 Å². The Hall–Kier alpha value is -2.77. The van der Waals surface area contributed by atoms with Crippen molar-refractivity contribution in [3.8, 4) is 11.4 Å². The predicted octanol–water partition coefficient (Wildman–Crippen LogP) is 3.58. The zero-order valence-corrected chi connectivity index (χ0v) is 17.4. The van der Waals surface area contributed by atoms with Crippen LogP contribution in [0.15, 0.2) is 41.3 Å². The monoisotopic (exact) mass is 423 g/mol. The molecule has 1 fully saturated rings. The minimum atomic E-state index is -0.568. The summed E-state index contributed by atoms with van der Waals surface area (Å²) in [5.74, 6) is 0. The number of fused-ring (bicyclic) bond motifs is 3. The molecule has 3 heterocycles. The van der Waals surface area contributed by atoms with Crippen LogP contribution in [-0.4, -0.2) is 35.8 Å². The number of nitrogens with zero attached hydrogens (tertiary/aromatic N) is 5. The lowest BCUT2D eigenvalue weighted by Gasteiger charge is -2.26. The summed E-state index contributed by atoms with van der Waals surface area (Å²) < 4.78 is 3.18. The molecule has 154 valence electrons. The summed E-state index contributed by atoms with van der Waals surface area (Å²) in [6.07, 6.45) is 4.59. The first-order valence-electron chi connectivity index (χ1n) is 10.2. The number of pyridine rings is 1. The van der Waals surface area contributed by atoms with E-state index in [1.54, 1.807) is 16.9 Å². The van der Waals surface area contributed by atoms with Gasteiger partial charge in [0.15, 0.2) is 5.69 Å². The van der Waals surface area contributed by atoms with Crippen LogP contribution in [0.25, 0.3) is 22.3 Å². The van der Waals surface area contributed by atoms with Crippen molar-refractivity contribution in [2.45, 2.75) is 51.3 Å². The molecular formula is C22H22ClN5O2. The van der Waals surface area contributed by atoms with E-state index in [9.17, 15) is 9.90 Å². The van der Waals surface area contributed by atoms with Crippen molar-refractivity contribution in [2.24, 2.45) is 0 Å². The largest absolute Gasteiger partial charge is 0.391 e. The number of hydrogen-bond acceptors (Lipinski definition) is 5. The molecule has 2 aliphatic heterocycles. The van der Waals surface area contributed by atoms with Crippen LogP contribution in [0.2, 0.25) is 5.02 Å². The highest BCUT2D eigenvalue weighted by Gasteiger charge is 2.31. The molecule has 5 rings (SSSR count). The smallest absolute Gasteiger partial charge is 0.297 e. The van der Waals surface area contributed by atoms with Crippen LogP contribution >= 0.6 is 11.6 Å². The van der Waals surface area contributed by atoms with Crippen LogP contribution in [0.5, 0.6) is 0 Å². The number of aliphatic hydroxyl groups excluding tert-OH is 1. The zero-order valence-electron chi connectivity index (χ0n) is 16.6. The molecule has 1 saturated carbocycles. The number of halogens is 1. The minimum Gasteiger partial charge on any atom is -0.391 e. The lowest BCUT2D eigenvalue weighted by atomic mass is 9.93. The molecule has 30 heavy (non-hydrogen) atoms. The molecule has 7 nitrogen and oxygen atoms in total. The first-order chi connectivity index (χ1) is 14.5. The van der Waals surface area contributed by atoms with Crippen LogP contribution in [0.4, 0.5) is 0 Å². The lowest BCUT2D eigenvalue weighted by Crippen LogP contribution is -2.33. The molecule has 0 spiro atoms. The summed E-state index contributed by atoms with van der Waals surface area (Å²) >= 11 is 6.54. The Balaban J connectivity index is 1.72. The van der Waals surface area contributed by atoms with Gasteiger partial charge in [0.2, 0.25) is 0 Å². The highest BCUT2D eigenvalue weighted by Crippen LogP contribution is 2.33. The first-order valence-corrected chi connectivity index (χ1v) is 10.6. The van der Waals surface area contributed by atoms with E-state index >= 15 is 0 Å². The second-order valence-corrected chi connectivity index (χ2v) is 8.37. The van der Waals surface area contributed by atoms with Gasteiger partial charge in [-0.3, -0.25) is 14.5 Å². The van der Waals surface area contributed by atoms with Crippen molar-refractivity contribution in [3.05, 3.63) is 63.2 Å². The standard InChI is InChI=1S/C22H22ClN5O2/c1-13-9-10-14(11-24-13)12-27-21-15(5-4-6-16(21)23)19-20(25-27)22(30)28(26-19)17-7-2-3-8-18(17)29/h4-6,9-11,17-18,29H,2-3,7-8,12H2,1H3. The van der Waals surface area contributed by atoms with Gasteiger partial charge in [0.1, 0.15) is 5.69 Å². The van der Waals surface area contributed by atoms with Crippen molar-refractivity contribution in [1.82, 2.24) is 24.5 Å². The van der Waals surface area contributed by atoms with E-state index < -0.39 is 6.10 Å². The molecule has 1 aromatic heterocycles. The average molecular weight is 424 g/mol. The molecule has 3 aliphatic rings. The SMILES string of the molecule is Cc1ccc(Cn2nc3c(=O)n(C4CCCCC4O)nc-3c3cccc(Cl)c32)cn1. The van der Waals surface area contributed by atoms with E-state index in [1.807, 2.05) is 31.2 Å². The number of para-hydroxylation sites is 1. The zero-order chi connectivity index (χ0) is 20.8. The Morgan fingerprint density at radius 2 is 1.97 bits per heavy atom. The van der Waals surface area contributed by atoms with Crippen molar-refractivity contribution < 1.29 is 5.11 Å². The van der Waals surface area contributed by atoms with E-state index in [0.717, 1.165) is 41.4 Å². The quantitative estimate of drug-likeness (QED) is 0.544. The van der Waals surface area contributed by atoms with Crippen LogP contribution in [0.1, 0.15) is 43.0 Å². The van der Waals surface area contributed by atoms with Gasteiger partial charge in [-0.05, 0) is 37.5 Å². The molecule has 1 aromatic carbocycles. The van der Waals surface area contributed by atoms with Crippen LogP contribution < -0.4 is 5.56 Å². The maximum absolute atomic E-state index is 13.2. The van der Waals surface area contributed by atoms with Gasteiger partial charge in [0, 0.05) is 17.3 Å².